The first-order chi connectivity index (χ1) is 10.1. The fourth-order valence-electron chi connectivity index (χ4n) is 1.87. The van der Waals surface area contributed by atoms with Crippen LogP contribution < -0.4 is 10.0 Å². The highest BCUT2D eigenvalue weighted by molar-refractivity contribution is 7.89. The van der Waals surface area contributed by atoms with Gasteiger partial charge in [-0.1, -0.05) is 13.8 Å². The lowest BCUT2D eigenvalue weighted by Gasteiger charge is -2.14. The number of benzene rings is 1. The van der Waals surface area contributed by atoms with Crippen molar-refractivity contribution in [2.75, 3.05) is 11.9 Å². The van der Waals surface area contributed by atoms with E-state index >= 15 is 0 Å². The van der Waals surface area contributed by atoms with Crippen molar-refractivity contribution < 1.29 is 18.3 Å². The van der Waals surface area contributed by atoms with Crippen LogP contribution in [0.4, 0.5) is 5.69 Å². The number of nitrogens with one attached hydrogen (secondary N) is 2. The molecule has 0 amide bonds. The first kappa shape index (κ1) is 18.4. The van der Waals surface area contributed by atoms with Gasteiger partial charge in [-0.15, -0.1) is 0 Å². The summed E-state index contributed by atoms with van der Waals surface area (Å²) in [6, 6.07) is 4.13. The average molecular weight is 328 g/mol. The minimum absolute atomic E-state index is 0.0389. The first-order valence-corrected chi connectivity index (χ1v) is 8.75. The fourth-order valence-corrected chi connectivity index (χ4v) is 2.94. The highest BCUT2D eigenvalue weighted by atomic mass is 32.2. The number of sulfonamides is 1. The van der Waals surface area contributed by atoms with Crippen molar-refractivity contribution in [3.05, 3.63) is 23.8 Å². The van der Waals surface area contributed by atoms with E-state index in [1.54, 1.807) is 0 Å². The van der Waals surface area contributed by atoms with Crippen molar-refractivity contribution in [2.45, 2.75) is 45.1 Å². The van der Waals surface area contributed by atoms with Gasteiger partial charge in [-0.25, -0.2) is 17.9 Å². The highest BCUT2D eigenvalue weighted by Gasteiger charge is 2.19. The van der Waals surface area contributed by atoms with Gasteiger partial charge in [0.1, 0.15) is 0 Å². The minimum atomic E-state index is -3.70. The molecule has 0 saturated heterocycles. The average Bonchev–Trinajstić information content (AvgIpc) is 2.37. The second-order valence-corrected chi connectivity index (χ2v) is 7.66. The van der Waals surface area contributed by atoms with Gasteiger partial charge in [0.25, 0.3) is 0 Å². The summed E-state index contributed by atoms with van der Waals surface area (Å²) >= 11 is 0. The second kappa shape index (κ2) is 7.60. The number of carbonyl (C=O) groups is 1. The summed E-state index contributed by atoms with van der Waals surface area (Å²) in [5.74, 6) is -0.780. The third-order valence-electron chi connectivity index (χ3n) is 2.99. The molecule has 0 heterocycles. The summed E-state index contributed by atoms with van der Waals surface area (Å²) in [6.45, 7) is 8.09. The van der Waals surface area contributed by atoms with Gasteiger partial charge in [0.15, 0.2) is 0 Å². The Morgan fingerprint density at radius 1 is 1.23 bits per heavy atom. The Balaban J connectivity index is 3.05. The number of aromatic carboxylic acids is 1. The minimum Gasteiger partial charge on any atom is -0.478 e. The number of rotatable bonds is 8. The van der Waals surface area contributed by atoms with Crippen LogP contribution in [0.15, 0.2) is 23.1 Å². The summed E-state index contributed by atoms with van der Waals surface area (Å²) < 4.78 is 26.9. The number of hydrogen-bond acceptors (Lipinski definition) is 4. The van der Waals surface area contributed by atoms with Crippen LogP contribution in [-0.4, -0.2) is 32.1 Å². The van der Waals surface area contributed by atoms with Gasteiger partial charge in [-0.3, -0.25) is 0 Å². The predicted molar refractivity (Wildman–Crippen MR) is 86.8 cm³/mol. The maximum atomic E-state index is 12.2. The summed E-state index contributed by atoms with van der Waals surface area (Å²) in [4.78, 5) is 11.3. The van der Waals surface area contributed by atoms with Crippen molar-refractivity contribution >= 4 is 21.7 Å². The summed E-state index contributed by atoms with van der Waals surface area (Å²) in [6.07, 6.45) is 0.720. The maximum Gasteiger partial charge on any atom is 0.337 e. The van der Waals surface area contributed by atoms with Crippen LogP contribution in [0.3, 0.4) is 0 Å². The van der Waals surface area contributed by atoms with Crippen molar-refractivity contribution in [2.24, 2.45) is 5.92 Å². The van der Waals surface area contributed by atoms with Gasteiger partial charge in [0, 0.05) is 18.3 Å². The summed E-state index contributed by atoms with van der Waals surface area (Å²) in [7, 11) is -3.70. The van der Waals surface area contributed by atoms with E-state index in [-0.39, 0.29) is 16.5 Å². The van der Waals surface area contributed by atoms with Gasteiger partial charge in [-0.05, 0) is 44.4 Å². The molecular weight excluding hydrogens is 304 g/mol. The molecule has 124 valence electrons. The van der Waals surface area contributed by atoms with Crippen LogP contribution in [0.2, 0.25) is 0 Å². The molecule has 0 aliphatic rings. The number of anilines is 1. The van der Waals surface area contributed by atoms with Crippen molar-refractivity contribution in [1.82, 2.24) is 4.72 Å². The molecule has 1 aromatic rings. The normalized spacial score (nSPS) is 11.9. The van der Waals surface area contributed by atoms with Crippen LogP contribution in [0.25, 0.3) is 0 Å². The van der Waals surface area contributed by atoms with Crippen LogP contribution in [0.5, 0.6) is 0 Å². The maximum absolute atomic E-state index is 12.2. The molecule has 7 heteroatoms. The third-order valence-corrected chi connectivity index (χ3v) is 4.45. The molecule has 22 heavy (non-hydrogen) atoms. The fraction of sp³-hybridized carbons (Fsp3) is 0.533. The van der Waals surface area contributed by atoms with Gasteiger partial charge < -0.3 is 10.4 Å². The molecule has 0 saturated carbocycles. The Morgan fingerprint density at radius 2 is 1.86 bits per heavy atom. The van der Waals surface area contributed by atoms with Gasteiger partial charge in [0.2, 0.25) is 10.0 Å². The first-order valence-electron chi connectivity index (χ1n) is 7.27. The van der Waals surface area contributed by atoms with Crippen LogP contribution in [0, 0.1) is 5.92 Å². The molecule has 6 nitrogen and oxygen atoms in total. The van der Waals surface area contributed by atoms with Crippen LogP contribution in [-0.2, 0) is 10.0 Å². The highest BCUT2D eigenvalue weighted by Crippen LogP contribution is 2.21. The third kappa shape index (κ3) is 5.31. The van der Waals surface area contributed by atoms with Crippen molar-refractivity contribution in [3.63, 3.8) is 0 Å². The second-order valence-electron chi connectivity index (χ2n) is 5.89. The van der Waals surface area contributed by atoms with Gasteiger partial charge >= 0.3 is 5.97 Å². The summed E-state index contributed by atoms with van der Waals surface area (Å²) in [5.41, 5.74) is 0.351. The molecular formula is C15H24N2O4S. The molecule has 0 bridgehead atoms. The smallest absolute Gasteiger partial charge is 0.337 e. The Morgan fingerprint density at radius 3 is 2.36 bits per heavy atom. The molecule has 0 radical (unpaired) electrons. The Kier molecular flexibility index (Phi) is 6.37. The van der Waals surface area contributed by atoms with E-state index < -0.39 is 16.0 Å². The van der Waals surface area contributed by atoms with E-state index in [1.807, 2.05) is 27.7 Å². The lowest BCUT2D eigenvalue weighted by molar-refractivity contribution is 0.0697. The predicted octanol–water partition coefficient (Wildman–Crippen LogP) is 2.53. The van der Waals surface area contributed by atoms with E-state index in [1.165, 1.54) is 18.2 Å². The molecule has 0 unspecified atom stereocenters. The zero-order chi connectivity index (χ0) is 16.9. The molecule has 0 fully saturated rings. The Bertz CT molecular complexity index is 624. The number of hydrogen-bond donors (Lipinski definition) is 3. The van der Waals surface area contributed by atoms with E-state index in [0.717, 1.165) is 6.42 Å². The SMILES string of the molecule is CC(C)CCNS(=O)(=O)c1ccc(NC(C)C)c(C(=O)O)c1. The molecule has 1 rings (SSSR count). The van der Waals surface area contributed by atoms with E-state index in [4.69, 9.17) is 0 Å². The van der Waals surface area contributed by atoms with Crippen LogP contribution in [0.1, 0.15) is 44.5 Å². The molecule has 1 aromatic carbocycles. The lowest BCUT2D eigenvalue weighted by atomic mass is 10.1. The summed E-state index contributed by atoms with van der Waals surface area (Å²) in [5, 5.41) is 12.3. The van der Waals surface area contributed by atoms with Crippen molar-refractivity contribution in [1.29, 1.82) is 0 Å². The van der Waals surface area contributed by atoms with Gasteiger partial charge in [-0.2, -0.15) is 0 Å². The topological polar surface area (TPSA) is 95.5 Å². The largest absolute Gasteiger partial charge is 0.478 e. The molecule has 0 aromatic heterocycles. The van der Waals surface area contributed by atoms with E-state index in [2.05, 4.69) is 10.0 Å². The molecule has 0 aliphatic carbocycles. The molecule has 3 N–H and O–H groups in total. The zero-order valence-electron chi connectivity index (χ0n) is 13.4. The molecule has 0 atom stereocenters. The quantitative estimate of drug-likeness (QED) is 0.681. The monoisotopic (exact) mass is 328 g/mol. The molecule has 0 spiro atoms. The zero-order valence-corrected chi connectivity index (χ0v) is 14.2. The van der Waals surface area contributed by atoms with E-state index in [9.17, 15) is 18.3 Å². The lowest BCUT2D eigenvalue weighted by Crippen LogP contribution is -2.26. The van der Waals surface area contributed by atoms with E-state index in [0.29, 0.717) is 18.2 Å². The van der Waals surface area contributed by atoms with Gasteiger partial charge in [0.05, 0.1) is 10.5 Å². The van der Waals surface area contributed by atoms with Crippen LogP contribution >= 0.6 is 0 Å². The Labute approximate surface area is 132 Å². The Hall–Kier alpha value is -1.60. The standard InChI is InChI=1S/C15H24N2O4S/c1-10(2)7-8-16-22(20,21)12-5-6-14(17-11(3)4)13(9-12)15(18)19/h5-6,9-11,16-17H,7-8H2,1-4H3,(H,18,19). The number of carboxylic acid groups (broad SMARTS) is 1. The molecule has 0 aliphatic heterocycles. The van der Waals surface area contributed by atoms with Crippen molar-refractivity contribution in [3.8, 4) is 0 Å². The number of carboxylic acids is 1.